The summed E-state index contributed by atoms with van der Waals surface area (Å²) in [5, 5.41) is 4.12. The maximum atomic E-state index is 13.1. The maximum Gasteiger partial charge on any atom is 0.325 e. The molecule has 31 heavy (non-hydrogen) atoms. The van der Waals surface area contributed by atoms with Gasteiger partial charge < -0.3 is 9.80 Å². The van der Waals surface area contributed by atoms with E-state index in [4.69, 9.17) is 0 Å². The minimum absolute atomic E-state index is 0.224. The second-order valence-corrected chi connectivity index (χ2v) is 11.5. The van der Waals surface area contributed by atoms with Gasteiger partial charge in [-0.15, -0.1) is 11.3 Å². The van der Waals surface area contributed by atoms with Crippen LogP contribution in [0.1, 0.15) is 19.4 Å². The number of hydrogen-bond donors (Lipinski definition) is 1. The molecule has 2 aromatic rings. The quantitative estimate of drug-likeness (QED) is 0.689. The van der Waals surface area contributed by atoms with E-state index in [1.54, 1.807) is 31.4 Å². The second kappa shape index (κ2) is 7.92. The predicted octanol–water partition coefficient (Wildman–Crippen LogP) is 2.27. The molecule has 4 rings (SSSR count). The highest BCUT2D eigenvalue weighted by atomic mass is 32.2. The molecule has 166 valence electrons. The minimum Gasteiger partial charge on any atom is -0.364 e. The number of amides is 3. The highest BCUT2D eigenvalue weighted by molar-refractivity contribution is 7.91. The molecule has 2 saturated heterocycles. The second-order valence-electron chi connectivity index (χ2n) is 8.41. The van der Waals surface area contributed by atoms with E-state index in [-0.39, 0.29) is 25.0 Å². The predicted molar refractivity (Wildman–Crippen MR) is 120 cm³/mol. The van der Waals surface area contributed by atoms with Crippen LogP contribution in [0.2, 0.25) is 0 Å². The molecule has 10 heteroatoms. The molecule has 8 nitrogen and oxygen atoms in total. The number of hydrogen-bond acceptors (Lipinski definition) is 6. The maximum absolute atomic E-state index is 13.1. The van der Waals surface area contributed by atoms with E-state index in [1.165, 1.54) is 20.5 Å². The zero-order valence-corrected chi connectivity index (χ0v) is 19.4. The van der Waals surface area contributed by atoms with Gasteiger partial charge in [-0.25, -0.2) is 13.2 Å². The molecule has 0 bridgehead atoms. The minimum atomic E-state index is -3.61. The van der Waals surface area contributed by atoms with Gasteiger partial charge in [0.2, 0.25) is 0 Å². The molecular formula is C21H26N4O4S2. The largest absolute Gasteiger partial charge is 0.364 e. The lowest BCUT2D eigenvalue weighted by Crippen LogP contribution is -2.60. The molecular weight excluding hydrogens is 436 g/mol. The molecule has 2 fully saturated rings. The van der Waals surface area contributed by atoms with Crippen molar-refractivity contribution in [2.45, 2.75) is 36.6 Å². The number of rotatable bonds is 5. The van der Waals surface area contributed by atoms with Crippen LogP contribution < -0.4 is 10.2 Å². The number of thiophene rings is 1. The smallest absolute Gasteiger partial charge is 0.325 e. The van der Waals surface area contributed by atoms with Crippen LogP contribution in [0.3, 0.4) is 0 Å². The molecule has 0 unspecified atom stereocenters. The van der Waals surface area contributed by atoms with Gasteiger partial charge in [-0.2, -0.15) is 4.31 Å². The van der Waals surface area contributed by atoms with E-state index >= 15 is 0 Å². The number of nitrogens with one attached hydrogen (secondary N) is 1. The summed E-state index contributed by atoms with van der Waals surface area (Å²) in [5.41, 5.74) is 1.10. The first kappa shape index (κ1) is 21.8. The van der Waals surface area contributed by atoms with Crippen LogP contribution in [0.5, 0.6) is 0 Å². The van der Waals surface area contributed by atoms with E-state index in [1.807, 2.05) is 31.2 Å². The molecule has 3 amide bonds. The molecule has 1 aromatic carbocycles. The van der Waals surface area contributed by atoms with Crippen molar-refractivity contribution in [1.82, 2.24) is 14.5 Å². The first-order chi connectivity index (χ1) is 14.6. The third kappa shape index (κ3) is 3.95. The molecule has 0 spiro atoms. The summed E-state index contributed by atoms with van der Waals surface area (Å²) < 4.78 is 28.1. The normalized spacial score (nSPS) is 22.1. The van der Waals surface area contributed by atoms with Crippen molar-refractivity contribution in [3.05, 3.63) is 47.3 Å². The van der Waals surface area contributed by atoms with E-state index < -0.39 is 21.6 Å². The van der Waals surface area contributed by atoms with Gasteiger partial charge in [0, 0.05) is 31.9 Å². The summed E-state index contributed by atoms with van der Waals surface area (Å²) in [6.07, 6.45) is 0. The van der Waals surface area contributed by atoms with Gasteiger partial charge in [-0.1, -0.05) is 23.8 Å². The molecule has 3 heterocycles. The summed E-state index contributed by atoms with van der Waals surface area (Å²) in [5.74, 6) is -0.349. The lowest BCUT2D eigenvalue weighted by Gasteiger charge is -2.44. The zero-order valence-electron chi connectivity index (χ0n) is 17.7. The SMILES string of the molecule is Cc1ccc(N2CCN(S(=O)(=O)c3cccs3)C[C@@H]2CN2C(=O)NC(=O)C2(C)C)cc1. The van der Waals surface area contributed by atoms with E-state index in [0.717, 1.165) is 11.3 Å². The topological polar surface area (TPSA) is 90.0 Å². The first-order valence-corrected chi connectivity index (χ1v) is 12.4. The number of anilines is 1. The van der Waals surface area contributed by atoms with Crippen molar-refractivity contribution >= 4 is 39.0 Å². The number of urea groups is 1. The number of piperazine rings is 1. The fourth-order valence-electron chi connectivity index (χ4n) is 4.03. The lowest BCUT2D eigenvalue weighted by molar-refractivity contribution is -0.125. The Labute approximate surface area is 186 Å². The number of nitrogens with zero attached hydrogens (tertiary/aromatic N) is 3. The molecule has 0 radical (unpaired) electrons. The van der Waals surface area contributed by atoms with Crippen molar-refractivity contribution in [3.8, 4) is 0 Å². The number of benzene rings is 1. The number of carbonyl (C=O) groups is 2. The van der Waals surface area contributed by atoms with Gasteiger partial charge in [-0.05, 0) is 44.4 Å². The summed E-state index contributed by atoms with van der Waals surface area (Å²) in [7, 11) is -3.61. The fraction of sp³-hybridized carbons (Fsp3) is 0.429. The van der Waals surface area contributed by atoms with Crippen LogP contribution in [0.4, 0.5) is 10.5 Å². The number of aryl methyl sites for hydroxylation is 1. The molecule has 0 saturated carbocycles. The van der Waals surface area contributed by atoms with Crippen molar-refractivity contribution in [2.24, 2.45) is 0 Å². The summed E-state index contributed by atoms with van der Waals surface area (Å²) in [6, 6.07) is 10.6. The van der Waals surface area contributed by atoms with Gasteiger partial charge in [0.15, 0.2) is 0 Å². The Balaban J connectivity index is 1.65. The first-order valence-electron chi connectivity index (χ1n) is 10.1. The summed E-state index contributed by atoms with van der Waals surface area (Å²) in [4.78, 5) is 28.3. The highest BCUT2D eigenvalue weighted by Crippen LogP contribution is 2.29. The van der Waals surface area contributed by atoms with Crippen LogP contribution in [-0.2, 0) is 14.8 Å². The third-order valence-corrected chi connectivity index (χ3v) is 9.23. The number of carbonyl (C=O) groups excluding carboxylic acids is 2. The average molecular weight is 463 g/mol. The lowest BCUT2D eigenvalue weighted by atomic mass is 10.0. The zero-order chi connectivity index (χ0) is 22.4. The van der Waals surface area contributed by atoms with E-state index in [9.17, 15) is 18.0 Å². The highest BCUT2D eigenvalue weighted by Gasteiger charge is 2.47. The van der Waals surface area contributed by atoms with Crippen LogP contribution in [-0.4, -0.2) is 67.3 Å². The standard InChI is InChI=1S/C21H26N4O4S2/c1-15-6-8-16(9-7-15)24-11-10-23(31(28,29)18-5-4-12-30-18)13-17(24)14-25-20(27)22-19(26)21(25,2)3/h4-9,12,17H,10-11,13-14H2,1-3H3,(H,22,26,27)/t17-/m1/s1. The van der Waals surface area contributed by atoms with Gasteiger partial charge in [0.05, 0.1) is 6.04 Å². The molecule has 1 atom stereocenters. The third-order valence-electron chi connectivity index (χ3n) is 5.99. The fourth-order valence-corrected chi connectivity index (χ4v) is 6.64. The summed E-state index contributed by atoms with van der Waals surface area (Å²) >= 11 is 1.19. The number of imide groups is 1. The van der Waals surface area contributed by atoms with Crippen LogP contribution in [0.15, 0.2) is 46.0 Å². The Bertz CT molecular complexity index is 1080. The van der Waals surface area contributed by atoms with Gasteiger partial charge in [0.25, 0.3) is 15.9 Å². The monoisotopic (exact) mass is 462 g/mol. The molecule has 2 aliphatic heterocycles. The van der Waals surface area contributed by atoms with Crippen LogP contribution >= 0.6 is 11.3 Å². The van der Waals surface area contributed by atoms with Crippen molar-refractivity contribution in [3.63, 3.8) is 0 Å². The molecule has 0 aliphatic carbocycles. The molecule has 1 N–H and O–H groups in total. The Hall–Kier alpha value is -2.43. The van der Waals surface area contributed by atoms with Crippen molar-refractivity contribution in [2.75, 3.05) is 31.1 Å². The number of sulfonamides is 1. The van der Waals surface area contributed by atoms with E-state index in [2.05, 4.69) is 10.2 Å². The van der Waals surface area contributed by atoms with Crippen LogP contribution in [0.25, 0.3) is 0 Å². The van der Waals surface area contributed by atoms with Crippen molar-refractivity contribution in [1.29, 1.82) is 0 Å². The van der Waals surface area contributed by atoms with Crippen molar-refractivity contribution < 1.29 is 18.0 Å². The average Bonchev–Trinajstić information content (AvgIpc) is 3.33. The Morgan fingerprint density at radius 3 is 2.42 bits per heavy atom. The Morgan fingerprint density at radius 1 is 1.13 bits per heavy atom. The van der Waals surface area contributed by atoms with Crippen LogP contribution in [0, 0.1) is 6.92 Å². The van der Waals surface area contributed by atoms with Gasteiger partial charge in [0.1, 0.15) is 9.75 Å². The van der Waals surface area contributed by atoms with Gasteiger partial charge in [-0.3, -0.25) is 10.1 Å². The van der Waals surface area contributed by atoms with Gasteiger partial charge >= 0.3 is 6.03 Å². The Kier molecular flexibility index (Phi) is 5.57. The summed E-state index contributed by atoms with van der Waals surface area (Å²) in [6.45, 7) is 6.70. The Morgan fingerprint density at radius 2 is 1.84 bits per heavy atom. The molecule has 2 aliphatic rings. The van der Waals surface area contributed by atoms with E-state index in [0.29, 0.717) is 17.3 Å². The molecule has 1 aromatic heterocycles.